The molecule has 77 valence electrons. The number of aliphatic imine (C=N–C) groups is 1. The molecule has 0 aromatic carbocycles. The molecule has 0 saturated heterocycles. The van der Waals surface area contributed by atoms with E-state index in [0.29, 0.717) is 5.41 Å². The maximum absolute atomic E-state index is 10.4. The molecule has 0 aromatic heterocycles. The van der Waals surface area contributed by atoms with Crippen LogP contribution in [-0.2, 0) is 4.79 Å². The topological polar surface area (TPSA) is 29.4 Å². The van der Waals surface area contributed by atoms with Gasteiger partial charge in [-0.2, -0.15) is 0 Å². The molecule has 2 fully saturated rings. The lowest BCUT2D eigenvalue weighted by Gasteiger charge is -2.44. The summed E-state index contributed by atoms with van der Waals surface area (Å²) in [6, 6.07) is 0.244. The van der Waals surface area contributed by atoms with E-state index in [0.717, 1.165) is 6.42 Å². The molecule has 2 rings (SSSR count). The summed E-state index contributed by atoms with van der Waals surface area (Å²) in [6.45, 7) is 0. The Hall–Kier alpha value is -0.620. The first-order valence-electron chi connectivity index (χ1n) is 5.76. The van der Waals surface area contributed by atoms with Gasteiger partial charge in [-0.1, -0.05) is 19.3 Å². The summed E-state index contributed by atoms with van der Waals surface area (Å²) in [6.07, 6.45) is 14.1. The second-order valence-electron chi connectivity index (χ2n) is 4.72. The van der Waals surface area contributed by atoms with E-state index >= 15 is 0 Å². The molecule has 2 saturated carbocycles. The molecule has 2 nitrogen and oxygen atoms in total. The smallest absolute Gasteiger partial charge is 0.211 e. The molecule has 1 atom stereocenters. The Morgan fingerprint density at radius 1 is 1.21 bits per heavy atom. The Morgan fingerprint density at radius 3 is 2.71 bits per heavy atom. The minimum Gasteiger partial charge on any atom is -0.211 e. The van der Waals surface area contributed by atoms with Gasteiger partial charge in [0, 0.05) is 0 Å². The fourth-order valence-electron chi connectivity index (χ4n) is 3.17. The third-order valence-electron chi connectivity index (χ3n) is 4.00. The van der Waals surface area contributed by atoms with Crippen LogP contribution in [0.5, 0.6) is 0 Å². The molecule has 2 aliphatic carbocycles. The van der Waals surface area contributed by atoms with Gasteiger partial charge in [0.15, 0.2) is 0 Å². The predicted molar refractivity (Wildman–Crippen MR) is 55.6 cm³/mol. The molecule has 0 heterocycles. The van der Waals surface area contributed by atoms with E-state index in [1.165, 1.54) is 44.9 Å². The highest BCUT2D eigenvalue weighted by Gasteiger charge is 2.41. The lowest BCUT2D eigenvalue weighted by molar-refractivity contribution is 0.113. The first-order valence-corrected chi connectivity index (χ1v) is 5.76. The third-order valence-corrected chi connectivity index (χ3v) is 4.00. The van der Waals surface area contributed by atoms with E-state index in [9.17, 15) is 4.79 Å². The normalized spacial score (nSPS) is 31.0. The van der Waals surface area contributed by atoms with Gasteiger partial charge in [0.2, 0.25) is 6.08 Å². The van der Waals surface area contributed by atoms with E-state index < -0.39 is 0 Å². The number of nitrogens with zero attached hydrogens (tertiary/aromatic N) is 1. The molecule has 1 spiro atoms. The van der Waals surface area contributed by atoms with Crippen LogP contribution in [0.3, 0.4) is 0 Å². The molecule has 0 bridgehead atoms. The highest BCUT2D eigenvalue weighted by molar-refractivity contribution is 5.34. The first-order chi connectivity index (χ1) is 6.87. The van der Waals surface area contributed by atoms with Crippen LogP contribution in [0.2, 0.25) is 0 Å². The predicted octanol–water partition coefficient (Wildman–Crippen LogP) is 3.03. The van der Waals surface area contributed by atoms with Crippen LogP contribution >= 0.6 is 0 Å². The van der Waals surface area contributed by atoms with E-state index in [1.54, 1.807) is 6.08 Å². The second-order valence-corrected chi connectivity index (χ2v) is 4.72. The summed E-state index contributed by atoms with van der Waals surface area (Å²) >= 11 is 0. The highest BCUT2D eigenvalue weighted by Crippen LogP contribution is 2.48. The van der Waals surface area contributed by atoms with E-state index in [-0.39, 0.29) is 6.04 Å². The molecule has 0 amide bonds. The van der Waals surface area contributed by atoms with Crippen molar-refractivity contribution in [3.63, 3.8) is 0 Å². The Kier molecular flexibility index (Phi) is 3.02. The van der Waals surface area contributed by atoms with Crippen molar-refractivity contribution in [1.82, 2.24) is 0 Å². The number of rotatable bonds is 1. The summed E-state index contributed by atoms with van der Waals surface area (Å²) in [7, 11) is 0. The van der Waals surface area contributed by atoms with E-state index in [4.69, 9.17) is 0 Å². The molecule has 1 radical (unpaired) electrons. The number of carbonyl (C=O) groups excluding carboxylic acids is 1. The maximum Gasteiger partial charge on any atom is 0.235 e. The minimum atomic E-state index is 0.244. The minimum absolute atomic E-state index is 0.244. The van der Waals surface area contributed by atoms with Crippen molar-refractivity contribution in [2.24, 2.45) is 10.4 Å². The zero-order chi connectivity index (χ0) is 9.86. The summed E-state index contributed by atoms with van der Waals surface area (Å²) in [5.74, 6) is 0. The standard InChI is InChI=1S/C12H18NO/c14-10-13-11-6-2-5-9-12(11)7-3-1-4-8-12/h2,11H,1,3-9H2. The van der Waals surface area contributed by atoms with Gasteiger partial charge >= 0.3 is 0 Å². The number of hydrogen-bond donors (Lipinski definition) is 0. The summed E-state index contributed by atoms with van der Waals surface area (Å²) in [5, 5.41) is 0. The molecule has 2 heteroatoms. The zero-order valence-electron chi connectivity index (χ0n) is 8.67. The highest BCUT2D eigenvalue weighted by atomic mass is 16.1. The average Bonchev–Trinajstić information content (AvgIpc) is 2.23. The Balaban J connectivity index is 2.14. The van der Waals surface area contributed by atoms with Gasteiger partial charge in [0.1, 0.15) is 0 Å². The molecular formula is C12H18NO. The van der Waals surface area contributed by atoms with Crippen molar-refractivity contribution in [1.29, 1.82) is 0 Å². The first kappa shape index (κ1) is 9.92. The van der Waals surface area contributed by atoms with Crippen molar-refractivity contribution < 1.29 is 4.79 Å². The van der Waals surface area contributed by atoms with Crippen molar-refractivity contribution >= 4 is 6.08 Å². The van der Waals surface area contributed by atoms with Crippen LogP contribution in [0.4, 0.5) is 0 Å². The lowest BCUT2D eigenvalue weighted by Crippen LogP contribution is -2.38. The van der Waals surface area contributed by atoms with Gasteiger partial charge in [0.25, 0.3) is 0 Å². The molecule has 0 N–H and O–H groups in total. The fraction of sp³-hybridized carbons (Fsp3) is 0.833. The molecular weight excluding hydrogens is 174 g/mol. The number of hydrogen-bond acceptors (Lipinski definition) is 2. The van der Waals surface area contributed by atoms with Crippen LogP contribution < -0.4 is 0 Å². The quantitative estimate of drug-likeness (QED) is 0.464. The van der Waals surface area contributed by atoms with Gasteiger partial charge in [-0.15, -0.1) is 0 Å². The van der Waals surface area contributed by atoms with Gasteiger partial charge in [0.05, 0.1) is 6.04 Å². The molecule has 0 aromatic rings. The SMILES string of the molecule is O=C=NC1C[CH]CCC12CCCCC2. The summed E-state index contributed by atoms with van der Waals surface area (Å²) in [4.78, 5) is 14.4. The third kappa shape index (κ3) is 1.76. The van der Waals surface area contributed by atoms with E-state index in [1.807, 2.05) is 0 Å². The van der Waals surface area contributed by atoms with Crippen molar-refractivity contribution in [3.05, 3.63) is 6.42 Å². The van der Waals surface area contributed by atoms with Crippen LogP contribution in [0.25, 0.3) is 0 Å². The molecule has 2 aliphatic rings. The van der Waals surface area contributed by atoms with E-state index in [2.05, 4.69) is 11.4 Å². The largest absolute Gasteiger partial charge is 0.235 e. The van der Waals surface area contributed by atoms with Crippen LogP contribution in [0, 0.1) is 11.8 Å². The Bertz CT molecular complexity index is 228. The Morgan fingerprint density at radius 2 is 2.00 bits per heavy atom. The summed E-state index contributed by atoms with van der Waals surface area (Å²) < 4.78 is 0. The van der Waals surface area contributed by atoms with Crippen LogP contribution in [0.1, 0.15) is 51.4 Å². The number of isocyanates is 1. The van der Waals surface area contributed by atoms with Crippen LogP contribution in [-0.4, -0.2) is 12.1 Å². The fourth-order valence-corrected chi connectivity index (χ4v) is 3.17. The van der Waals surface area contributed by atoms with Crippen molar-refractivity contribution in [2.75, 3.05) is 0 Å². The molecule has 1 unspecified atom stereocenters. The second kappa shape index (κ2) is 4.27. The van der Waals surface area contributed by atoms with Crippen LogP contribution in [0.15, 0.2) is 4.99 Å². The molecule has 14 heavy (non-hydrogen) atoms. The van der Waals surface area contributed by atoms with Gasteiger partial charge in [-0.05, 0) is 43.9 Å². The van der Waals surface area contributed by atoms with Gasteiger partial charge in [-0.3, -0.25) is 0 Å². The van der Waals surface area contributed by atoms with Crippen molar-refractivity contribution in [3.8, 4) is 0 Å². The Labute approximate surface area is 85.8 Å². The van der Waals surface area contributed by atoms with Gasteiger partial charge < -0.3 is 0 Å². The maximum atomic E-state index is 10.4. The zero-order valence-corrected chi connectivity index (χ0v) is 8.67. The molecule has 0 aliphatic heterocycles. The average molecular weight is 192 g/mol. The monoisotopic (exact) mass is 192 g/mol. The van der Waals surface area contributed by atoms with Crippen molar-refractivity contribution in [2.45, 2.75) is 57.4 Å². The summed E-state index contributed by atoms with van der Waals surface area (Å²) in [5.41, 5.74) is 0.365. The van der Waals surface area contributed by atoms with Gasteiger partial charge in [-0.25, -0.2) is 9.79 Å². The lowest BCUT2D eigenvalue weighted by atomic mass is 9.63.